The fourth-order valence-electron chi connectivity index (χ4n) is 6.93. The number of aromatic nitrogens is 4. The van der Waals surface area contributed by atoms with Gasteiger partial charge in [0.25, 0.3) is 5.91 Å². The van der Waals surface area contributed by atoms with E-state index in [-0.39, 0.29) is 59.7 Å². The maximum Gasteiger partial charge on any atom is 0.338 e. The number of nitrogens with zero attached hydrogens (tertiary/aromatic N) is 4. The summed E-state index contributed by atoms with van der Waals surface area (Å²) >= 11 is 6.19. The van der Waals surface area contributed by atoms with Crippen LogP contribution in [0.3, 0.4) is 0 Å². The van der Waals surface area contributed by atoms with Gasteiger partial charge < -0.3 is 29.4 Å². The van der Waals surface area contributed by atoms with E-state index >= 15 is 0 Å². The molecule has 0 aliphatic carbocycles. The normalized spacial score (nSPS) is 20.5. The van der Waals surface area contributed by atoms with E-state index in [1.807, 2.05) is 0 Å². The van der Waals surface area contributed by atoms with Gasteiger partial charge in [-0.2, -0.15) is 9.97 Å². The van der Waals surface area contributed by atoms with Crippen molar-refractivity contribution >= 4 is 52.4 Å². The van der Waals surface area contributed by atoms with Crippen LogP contribution in [0.25, 0.3) is 11.2 Å². The fraction of sp³-hybridized carbons (Fsp3) is 0.585. The van der Waals surface area contributed by atoms with Crippen LogP contribution in [-0.2, 0) is 39.9 Å². The van der Waals surface area contributed by atoms with Gasteiger partial charge >= 0.3 is 17.9 Å². The van der Waals surface area contributed by atoms with E-state index in [2.05, 4.69) is 33.1 Å². The Morgan fingerprint density at radius 3 is 2.36 bits per heavy atom. The summed E-state index contributed by atoms with van der Waals surface area (Å²) < 4.78 is 23.8. The molecule has 0 saturated carbocycles. The van der Waals surface area contributed by atoms with Gasteiger partial charge in [0.2, 0.25) is 5.28 Å². The van der Waals surface area contributed by atoms with Crippen LogP contribution in [0.5, 0.6) is 0 Å². The summed E-state index contributed by atoms with van der Waals surface area (Å²) in [5.74, 6) is 0.319. The topological polar surface area (TPSA) is 181 Å². The molecule has 15 heteroatoms. The van der Waals surface area contributed by atoms with Crippen molar-refractivity contribution in [1.29, 1.82) is 0 Å². The van der Waals surface area contributed by atoms with Crippen molar-refractivity contribution in [3.8, 4) is 12.3 Å². The number of aliphatic hydroxyl groups is 1. The van der Waals surface area contributed by atoms with Crippen molar-refractivity contribution in [2.75, 3.05) is 11.9 Å². The van der Waals surface area contributed by atoms with Gasteiger partial charge in [0.05, 0.1) is 11.9 Å². The Kier molecular flexibility index (Phi) is 16.0. The van der Waals surface area contributed by atoms with E-state index in [0.717, 1.165) is 19.3 Å². The molecule has 0 unspecified atom stereocenters. The average molecular weight is 794 g/mol. The predicted molar refractivity (Wildman–Crippen MR) is 207 cm³/mol. The highest BCUT2D eigenvalue weighted by Gasteiger charge is 2.49. The second kappa shape index (κ2) is 21.1. The van der Waals surface area contributed by atoms with E-state index in [9.17, 15) is 24.3 Å². The van der Waals surface area contributed by atoms with Crippen LogP contribution >= 0.6 is 11.6 Å². The van der Waals surface area contributed by atoms with E-state index in [1.54, 1.807) is 24.3 Å². The first kappa shape index (κ1) is 42.6. The highest BCUT2D eigenvalue weighted by Crippen LogP contribution is 2.39. The molecule has 2 fully saturated rings. The number of benzene rings is 1. The zero-order valence-electron chi connectivity index (χ0n) is 32.0. The first-order valence-corrected chi connectivity index (χ1v) is 20.2. The van der Waals surface area contributed by atoms with Crippen molar-refractivity contribution in [1.82, 2.24) is 19.5 Å². The zero-order chi connectivity index (χ0) is 39.9. The highest BCUT2D eigenvalue weighted by molar-refractivity contribution is 6.28. The maximum atomic E-state index is 13.3. The lowest BCUT2D eigenvalue weighted by Crippen LogP contribution is -2.43. The summed E-state index contributed by atoms with van der Waals surface area (Å²) in [6.45, 7) is 1.65. The van der Waals surface area contributed by atoms with Crippen LogP contribution in [0.2, 0.25) is 5.28 Å². The lowest BCUT2D eigenvalue weighted by molar-refractivity contribution is -0.146. The molecule has 3 aromatic rings. The number of esters is 3. The SMILES string of the molecule is C#C[C@]1(COC(=O)c2ccccc2COC(=O)CCCCCCCCCCCCCCC)O[C@@H](n2cnc3c(NC(=O)[C@H]4CCC(=O)O4)nc(Cl)nc32)C[C@@H]1O. The van der Waals surface area contributed by atoms with Crippen molar-refractivity contribution in [2.24, 2.45) is 0 Å². The van der Waals surface area contributed by atoms with Gasteiger partial charge in [-0.25, -0.2) is 9.78 Å². The molecule has 2 aliphatic rings. The number of terminal acetylenes is 1. The summed E-state index contributed by atoms with van der Waals surface area (Å²) in [5.41, 5.74) is -0.745. The van der Waals surface area contributed by atoms with Crippen molar-refractivity contribution in [3.05, 3.63) is 47.0 Å². The summed E-state index contributed by atoms with van der Waals surface area (Å²) in [6.07, 6.45) is 20.5. The van der Waals surface area contributed by atoms with Crippen LogP contribution < -0.4 is 5.32 Å². The fourth-order valence-corrected chi connectivity index (χ4v) is 7.10. The van der Waals surface area contributed by atoms with E-state index in [0.29, 0.717) is 12.0 Å². The lowest BCUT2D eigenvalue weighted by Gasteiger charge is -2.26. The van der Waals surface area contributed by atoms with E-state index < -0.39 is 48.5 Å². The number of ether oxygens (including phenoxy) is 4. The van der Waals surface area contributed by atoms with Crippen molar-refractivity contribution in [2.45, 2.75) is 147 Å². The third kappa shape index (κ3) is 11.5. The van der Waals surface area contributed by atoms with Gasteiger partial charge in [0.1, 0.15) is 25.5 Å². The summed E-state index contributed by atoms with van der Waals surface area (Å²) in [5, 5.41) is 13.5. The molecule has 4 heterocycles. The quantitative estimate of drug-likeness (QED) is 0.0345. The number of imidazole rings is 1. The second-order valence-corrected chi connectivity index (χ2v) is 14.8. The second-order valence-electron chi connectivity index (χ2n) is 14.4. The summed E-state index contributed by atoms with van der Waals surface area (Å²) in [4.78, 5) is 62.7. The summed E-state index contributed by atoms with van der Waals surface area (Å²) in [6, 6.07) is 6.63. The molecule has 1 amide bonds. The van der Waals surface area contributed by atoms with Crippen LogP contribution in [0.1, 0.15) is 138 Å². The third-order valence-electron chi connectivity index (χ3n) is 10.2. The molecule has 302 valence electrons. The molecule has 0 spiro atoms. The lowest BCUT2D eigenvalue weighted by atomic mass is 9.99. The minimum atomic E-state index is -1.73. The number of amides is 1. The van der Waals surface area contributed by atoms with Gasteiger partial charge in [-0.15, -0.1) is 6.42 Å². The van der Waals surface area contributed by atoms with Crippen molar-refractivity contribution in [3.63, 3.8) is 0 Å². The largest absolute Gasteiger partial charge is 0.461 e. The van der Waals surface area contributed by atoms with E-state index in [4.69, 9.17) is 37.0 Å². The van der Waals surface area contributed by atoms with Gasteiger partial charge in [-0.05, 0) is 24.1 Å². The number of rotatable bonds is 22. The first-order valence-electron chi connectivity index (χ1n) is 19.8. The Labute approximate surface area is 332 Å². The van der Waals surface area contributed by atoms with Crippen LogP contribution in [0.15, 0.2) is 30.6 Å². The Bertz CT molecular complexity index is 1860. The smallest absolute Gasteiger partial charge is 0.338 e. The number of cyclic esters (lactones) is 1. The number of unbranched alkanes of at least 4 members (excludes halogenated alkanes) is 12. The first-order chi connectivity index (χ1) is 27.1. The van der Waals surface area contributed by atoms with E-state index in [1.165, 1.54) is 75.1 Å². The number of fused-ring (bicyclic) bond motifs is 1. The minimum absolute atomic E-state index is 0.00804. The number of nitrogens with one attached hydrogen (secondary N) is 1. The molecule has 1 aromatic carbocycles. The molecule has 2 saturated heterocycles. The molecule has 0 bridgehead atoms. The molecule has 5 rings (SSSR count). The molecular weight excluding hydrogens is 742 g/mol. The Morgan fingerprint density at radius 2 is 1.70 bits per heavy atom. The minimum Gasteiger partial charge on any atom is -0.461 e. The molecule has 4 atom stereocenters. The predicted octanol–water partition coefficient (Wildman–Crippen LogP) is 7.16. The monoisotopic (exact) mass is 793 g/mol. The number of hydrogen-bond donors (Lipinski definition) is 2. The van der Waals surface area contributed by atoms with Crippen molar-refractivity contribution < 1.29 is 43.2 Å². The molecule has 2 N–H and O–H groups in total. The molecule has 14 nitrogen and oxygen atoms in total. The Morgan fingerprint density at radius 1 is 1.02 bits per heavy atom. The number of hydrogen-bond acceptors (Lipinski definition) is 12. The Balaban J connectivity index is 1.08. The number of carbonyl (C=O) groups is 4. The highest BCUT2D eigenvalue weighted by atomic mass is 35.5. The van der Waals surface area contributed by atoms with Gasteiger partial charge in [0.15, 0.2) is 28.7 Å². The van der Waals surface area contributed by atoms with Gasteiger partial charge in [-0.1, -0.05) is 108 Å². The third-order valence-corrected chi connectivity index (χ3v) is 10.4. The van der Waals surface area contributed by atoms with Gasteiger partial charge in [-0.3, -0.25) is 19.0 Å². The van der Waals surface area contributed by atoms with Crippen LogP contribution in [0, 0.1) is 12.3 Å². The maximum absolute atomic E-state index is 13.3. The molecule has 2 aliphatic heterocycles. The Hall–Kier alpha value is -4.58. The van der Waals surface area contributed by atoms with Crippen LogP contribution in [0.4, 0.5) is 5.82 Å². The standard InChI is InChI=1S/C41H52ClN5O9/c1-3-5-6-7-8-9-10-11-12-13-14-15-16-21-33(49)53-25-28-19-17-18-20-29(28)39(52)54-26-41(4-2)31(48)24-32(56-41)47-27-43-35-36(45-40(42)46-37(35)47)44-38(51)30-22-23-34(50)55-30/h2,17-20,27,30-32,48H,3,5-16,21-26H2,1H3,(H,44,45,46,51)/t30-,31+,32-,41-/m1/s1. The van der Waals surface area contributed by atoms with Gasteiger partial charge in [0, 0.05) is 31.2 Å². The number of carbonyl (C=O) groups excluding carboxylic acids is 4. The number of anilines is 1. The molecule has 2 aromatic heterocycles. The zero-order valence-corrected chi connectivity index (χ0v) is 32.8. The number of halogens is 1. The molecule has 56 heavy (non-hydrogen) atoms. The average Bonchev–Trinajstić information content (AvgIpc) is 3.91. The molecule has 0 radical (unpaired) electrons. The number of aliphatic hydroxyl groups excluding tert-OH is 1. The summed E-state index contributed by atoms with van der Waals surface area (Å²) in [7, 11) is 0. The van der Waals surface area contributed by atoms with Crippen LogP contribution in [-0.4, -0.2) is 72.9 Å². The molecular formula is C41H52ClN5O9.